The Morgan fingerprint density at radius 1 is 1.19 bits per heavy atom. The maximum Gasteiger partial charge on any atom is 0.209 e. The van der Waals surface area contributed by atoms with Crippen molar-refractivity contribution in [3.63, 3.8) is 0 Å². The van der Waals surface area contributed by atoms with E-state index in [1.165, 1.54) is 0 Å². The topological polar surface area (TPSA) is 56.1 Å². The van der Waals surface area contributed by atoms with E-state index in [2.05, 4.69) is 9.88 Å². The molecule has 1 N–H and O–H groups in total. The average Bonchev–Trinajstić information content (AvgIpc) is 2.99. The molecule has 0 spiro atoms. The van der Waals surface area contributed by atoms with Crippen LogP contribution in [0, 0.1) is 0 Å². The number of rotatable bonds is 4. The zero-order valence-electron chi connectivity index (χ0n) is 15.1. The molecule has 0 saturated heterocycles. The summed E-state index contributed by atoms with van der Waals surface area (Å²) < 4.78 is 7.66. The van der Waals surface area contributed by atoms with E-state index in [0.717, 1.165) is 39.6 Å². The molecule has 26 heavy (non-hydrogen) atoms. The van der Waals surface area contributed by atoms with Crippen LogP contribution in [-0.2, 0) is 4.79 Å². The van der Waals surface area contributed by atoms with Crippen molar-refractivity contribution in [1.82, 2.24) is 9.55 Å². The van der Waals surface area contributed by atoms with E-state index in [4.69, 9.17) is 9.72 Å². The van der Waals surface area contributed by atoms with Crippen molar-refractivity contribution in [2.24, 2.45) is 0 Å². The van der Waals surface area contributed by atoms with Crippen LogP contribution < -0.4 is 10.1 Å². The number of ketones is 1. The fourth-order valence-electron chi connectivity index (χ4n) is 3.65. The predicted molar refractivity (Wildman–Crippen MR) is 102 cm³/mol. The van der Waals surface area contributed by atoms with Crippen LogP contribution in [0.25, 0.3) is 11.0 Å². The first kappa shape index (κ1) is 16.4. The van der Waals surface area contributed by atoms with Crippen molar-refractivity contribution in [2.75, 3.05) is 11.9 Å². The summed E-state index contributed by atoms with van der Waals surface area (Å²) >= 11 is 0. The number of carbonyl (C=O) groups is 1. The number of aromatic nitrogens is 2. The molecule has 1 unspecified atom stereocenters. The molecule has 3 aromatic rings. The summed E-state index contributed by atoms with van der Waals surface area (Å²) in [7, 11) is 0. The van der Waals surface area contributed by atoms with Gasteiger partial charge in [-0.25, -0.2) is 4.98 Å². The molecule has 2 aromatic carbocycles. The number of anilines is 1. The lowest BCUT2D eigenvalue weighted by atomic mass is 9.92. The molecular formula is C21H21N3O2. The van der Waals surface area contributed by atoms with E-state index < -0.39 is 0 Å². The molecule has 2 heterocycles. The Morgan fingerprint density at radius 2 is 1.92 bits per heavy atom. The van der Waals surface area contributed by atoms with Gasteiger partial charge in [0.1, 0.15) is 5.75 Å². The summed E-state index contributed by atoms with van der Waals surface area (Å²) in [6.45, 7) is 6.14. The van der Waals surface area contributed by atoms with Gasteiger partial charge in [-0.15, -0.1) is 0 Å². The van der Waals surface area contributed by atoms with Gasteiger partial charge in [0.2, 0.25) is 5.95 Å². The number of allylic oxidation sites excluding steroid dienone is 2. The minimum atomic E-state index is -0.216. The van der Waals surface area contributed by atoms with Crippen LogP contribution >= 0.6 is 0 Å². The maximum atomic E-state index is 12.5. The summed E-state index contributed by atoms with van der Waals surface area (Å²) in [6.07, 6.45) is 0. The fourth-order valence-corrected chi connectivity index (χ4v) is 3.65. The smallest absolute Gasteiger partial charge is 0.209 e. The third kappa shape index (κ3) is 2.56. The van der Waals surface area contributed by atoms with E-state index in [-0.39, 0.29) is 11.8 Å². The van der Waals surface area contributed by atoms with Crippen LogP contribution in [-0.4, -0.2) is 21.9 Å². The molecule has 132 valence electrons. The van der Waals surface area contributed by atoms with Crippen molar-refractivity contribution in [1.29, 1.82) is 0 Å². The third-order valence-corrected chi connectivity index (χ3v) is 4.72. The molecule has 4 rings (SSSR count). The Bertz CT molecular complexity index is 1020. The minimum absolute atomic E-state index is 0.0531. The van der Waals surface area contributed by atoms with Gasteiger partial charge in [-0.2, -0.15) is 0 Å². The molecule has 0 fully saturated rings. The molecule has 1 atom stereocenters. The highest BCUT2D eigenvalue weighted by Crippen LogP contribution is 2.39. The summed E-state index contributed by atoms with van der Waals surface area (Å²) in [4.78, 5) is 17.2. The molecule has 0 aliphatic carbocycles. The van der Waals surface area contributed by atoms with E-state index in [1.54, 1.807) is 6.92 Å². The number of benzene rings is 2. The Hall–Kier alpha value is -3.08. The zero-order valence-corrected chi connectivity index (χ0v) is 15.1. The first-order valence-corrected chi connectivity index (χ1v) is 8.78. The number of nitrogens with one attached hydrogen (secondary N) is 1. The summed E-state index contributed by atoms with van der Waals surface area (Å²) in [5.41, 5.74) is 4.54. The number of hydrogen-bond acceptors (Lipinski definition) is 4. The SMILES string of the molecule is CCOc1ccc(C2C(C(C)=O)=C(C)Nc3nc4ccccc4n32)cc1. The number of carbonyl (C=O) groups excluding carboxylic acids is 1. The van der Waals surface area contributed by atoms with Crippen LogP contribution in [0.15, 0.2) is 59.8 Å². The van der Waals surface area contributed by atoms with Crippen LogP contribution in [0.2, 0.25) is 0 Å². The second kappa shape index (κ2) is 6.33. The van der Waals surface area contributed by atoms with Gasteiger partial charge < -0.3 is 10.1 Å². The quantitative estimate of drug-likeness (QED) is 0.764. The Morgan fingerprint density at radius 3 is 2.62 bits per heavy atom. The van der Waals surface area contributed by atoms with E-state index in [1.807, 2.05) is 62.4 Å². The molecule has 0 saturated carbocycles. The standard InChI is InChI=1S/C21H21N3O2/c1-4-26-16-11-9-15(10-12-16)20-19(14(3)25)13(2)22-21-23-17-7-5-6-8-18(17)24(20)21/h5-12,20H,4H2,1-3H3,(H,22,23). The van der Waals surface area contributed by atoms with Gasteiger partial charge >= 0.3 is 0 Å². The molecule has 0 amide bonds. The molecular weight excluding hydrogens is 326 g/mol. The lowest BCUT2D eigenvalue weighted by Gasteiger charge is -2.30. The summed E-state index contributed by atoms with van der Waals surface area (Å²) in [5, 5.41) is 3.30. The number of hydrogen-bond donors (Lipinski definition) is 1. The van der Waals surface area contributed by atoms with Gasteiger partial charge in [-0.05, 0) is 50.6 Å². The molecule has 5 nitrogen and oxygen atoms in total. The normalized spacial score (nSPS) is 16.3. The number of para-hydroxylation sites is 2. The minimum Gasteiger partial charge on any atom is -0.494 e. The number of nitrogens with zero attached hydrogens (tertiary/aromatic N) is 2. The molecule has 1 aromatic heterocycles. The highest BCUT2D eigenvalue weighted by molar-refractivity contribution is 5.97. The molecule has 0 bridgehead atoms. The van der Waals surface area contributed by atoms with Crippen LogP contribution in [0.4, 0.5) is 5.95 Å². The number of imidazole rings is 1. The summed E-state index contributed by atoms with van der Waals surface area (Å²) in [6, 6.07) is 15.7. The van der Waals surface area contributed by atoms with Crippen molar-refractivity contribution in [3.05, 3.63) is 65.4 Å². The molecule has 1 aliphatic heterocycles. The lowest BCUT2D eigenvalue weighted by molar-refractivity contribution is -0.114. The van der Waals surface area contributed by atoms with Crippen molar-refractivity contribution in [2.45, 2.75) is 26.8 Å². The molecule has 0 radical (unpaired) electrons. The van der Waals surface area contributed by atoms with Crippen LogP contribution in [0.1, 0.15) is 32.4 Å². The Labute approximate surface area is 152 Å². The highest BCUT2D eigenvalue weighted by Gasteiger charge is 2.32. The highest BCUT2D eigenvalue weighted by atomic mass is 16.5. The average molecular weight is 347 g/mol. The fraction of sp³-hybridized carbons (Fsp3) is 0.238. The Kier molecular flexibility index (Phi) is 3.99. The van der Waals surface area contributed by atoms with Gasteiger partial charge in [0.25, 0.3) is 0 Å². The number of fused-ring (bicyclic) bond motifs is 3. The number of Topliss-reactive ketones (excluding diaryl/α,β-unsaturated/α-hetero) is 1. The second-order valence-electron chi connectivity index (χ2n) is 6.42. The number of ether oxygens (including phenoxy) is 1. The van der Waals surface area contributed by atoms with Gasteiger partial charge in [-0.3, -0.25) is 9.36 Å². The van der Waals surface area contributed by atoms with Crippen molar-refractivity contribution < 1.29 is 9.53 Å². The van der Waals surface area contributed by atoms with Gasteiger partial charge in [-0.1, -0.05) is 24.3 Å². The van der Waals surface area contributed by atoms with Gasteiger partial charge in [0.05, 0.1) is 23.7 Å². The van der Waals surface area contributed by atoms with Crippen LogP contribution in [0.5, 0.6) is 5.75 Å². The van der Waals surface area contributed by atoms with Crippen molar-refractivity contribution in [3.8, 4) is 5.75 Å². The molecule has 5 heteroatoms. The van der Waals surface area contributed by atoms with Gasteiger partial charge in [0.15, 0.2) is 5.78 Å². The van der Waals surface area contributed by atoms with Gasteiger partial charge in [0, 0.05) is 11.3 Å². The third-order valence-electron chi connectivity index (χ3n) is 4.72. The summed E-state index contributed by atoms with van der Waals surface area (Å²) in [5.74, 6) is 1.64. The first-order valence-electron chi connectivity index (χ1n) is 8.78. The monoisotopic (exact) mass is 347 g/mol. The lowest BCUT2D eigenvalue weighted by Crippen LogP contribution is -2.26. The first-order chi connectivity index (χ1) is 12.6. The Balaban J connectivity index is 1.93. The van der Waals surface area contributed by atoms with E-state index in [0.29, 0.717) is 6.61 Å². The maximum absolute atomic E-state index is 12.5. The second-order valence-corrected chi connectivity index (χ2v) is 6.42. The van der Waals surface area contributed by atoms with Crippen LogP contribution in [0.3, 0.4) is 0 Å². The molecule has 1 aliphatic rings. The van der Waals surface area contributed by atoms with E-state index >= 15 is 0 Å². The largest absolute Gasteiger partial charge is 0.494 e. The zero-order chi connectivity index (χ0) is 18.3. The van der Waals surface area contributed by atoms with E-state index in [9.17, 15) is 4.79 Å². The van der Waals surface area contributed by atoms with Crippen molar-refractivity contribution >= 4 is 22.8 Å². The predicted octanol–water partition coefficient (Wildman–Crippen LogP) is 4.31.